The molecule has 1 amide bonds. The van der Waals surface area contributed by atoms with E-state index in [1.54, 1.807) is 12.0 Å². The number of benzene rings is 2. The molecular weight excluding hydrogens is 326 g/mol. The Morgan fingerprint density at radius 3 is 2.76 bits per heavy atom. The summed E-state index contributed by atoms with van der Waals surface area (Å²) in [5.41, 5.74) is 0.985. The summed E-state index contributed by atoms with van der Waals surface area (Å²) in [5, 5.41) is 3.25. The average molecular weight is 346 g/mol. The zero-order chi connectivity index (χ0) is 18.0. The number of methoxy groups -OCH3 is 1. The third-order valence-corrected chi connectivity index (χ3v) is 4.48. The second kappa shape index (κ2) is 7.19. The van der Waals surface area contributed by atoms with Crippen molar-refractivity contribution in [2.75, 3.05) is 26.7 Å². The first-order valence-corrected chi connectivity index (χ1v) is 8.13. The molecule has 0 radical (unpaired) electrons. The SMILES string of the molecule is COc1ccccc1C1CNCCN1C(=O)c1cc(C)c(F)cc1F. The predicted molar refractivity (Wildman–Crippen MR) is 90.7 cm³/mol. The van der Waals surface area contributed by atoms with Crippen LogP contribution in [-0.4, -0.2) is 37.6 Å². The first kappa shape index (κ1) is 17.4. The molecule has 0 aromatic heterocycles. The van der Waals surface area contributed by atoms with Gasteiger partial charge in [0.05, 0.1) is 18.7 Å². The Morgan fingerprint density at radius 1 is 1.24 bits per heavy atom. The summed E-state index contributed by atoms with van der Waals surface area (Å²) < 4.78 is 33.1. The Balaban J connectivity index is 1.99. The number of amides is 1. The van der Waals surface area contributed by atoms with Crippen molar-refractivity contribution in [3.8, 4) is 5.75 Å². The van der Waals surface area contributed by atoms with E-state index in [9.17, 15) is 13.6 Å². The molecule has 1 aliphatic heterocycles. The van der Waals surface area contributed by atoms with Crippen LogP contribution < -0.4 is 10.1 Å². The molecule has 0 bridgehead atoms. The molecule has 6 heteroatoms. The second-order valence-electron chi connectivity index (χ2n) is 6.04. The van der Waals surface area contributed by atoms with Crippen LogP contribution in [-0.2, 0) is 0 Å². The van der Waals surface area contributed by atoms with Gasteiger partial charge in [0, 0.05) is 31.3 Å². The van der Waals surface area contributed by atoms with E-state index in [2.05, 4.69) is 5.32 Å². The molecule has 0 aliphatic carbocycles. The molecule has 1 aliphatic rings. The van der Waals surface area contributed by atoms with Crippen LogP contribution in [0, 0.1) is 18.6 Å². The van der Waals surface area contributed by atoms with Gasteiger partial charge in [-0.05, 0) is 24.6 Å². The van der Waals surface area contributed by atoms with Gasteiger partial charge in [-0.2, -0.15) is 0 Å². The van der Waals surface area contributed by atoms with Crippen molar-refractivity contribution in [2.24, 2.45) is 0 Å². The van der Waals surface area contributed by atoms with Gasteiger partial charge in [0.25, 0.3) is 5.91 Å². The highest BCUT2D eigenvalue weighted by Crippen LogP contribution is 2.31. The van der Waals surface area contributed by atoms with Crippen molar-refractivity contribution < 1.29 is 18.3 Å². The number of hydrogen-bond acceptors (Lipinski definition) is 3. The van der Waals surface area contributed by atoms with Crippen molar-refractivity contribution in [1.29, 1.82) is 0 Å². The van der Waals surface area contributed by atoms with Gasteiger partial charge in [-0.15, -0.1) is 0 Å². The van der Waals surface area contributed by atoms with Crippen LogP contribution in [0.15, 0.2) is 36.4 Å². The highest BCUT2D eigenvalue weighted by molar-refractivity contribution is 5.95. The summed E-state index contributed by atoms with van der Waals surface area (Å²) in [6.07, 6.45) is 0. The van der Waals surface area contributed by atoms with Crippen LogP contribution in [0.4, 0.5) is 8.78 Å². The summed E-state index contributed by atoms with van der Waals surface area (Å²) in [6.45, 7) is 3.09. The molecule has 1 fully saturated rings. The number of piperazine rings is 1. The number of para-hydroxylation sites is 1. The van der Waals surface area contributed by atoms with E-state index in [-0.39, 0.29) is 17.2 Å². The smallest absolute Gasteiger partial charge is 0.257 e. The largest absolute Gasteiger partial charge is 0.496 e. The predicted octanol–water partition coefficient (Wildman–Crippen LogP) is 3.07. The molecule has 4 nitrogen and oxygen atoms in total. The van der Waals surface area contributed by atoms with Crippen LogP contribution >= 0.6 is 0 Å². The van der Waals surface area contributed by atoms with Crippen molar-refractivity contribution in [1.82, 2.24) is 10.2 Å². The Labute approximate surface area is 145 Å². The number of carbonyl (C=O) groups excluding carboxylic acids is 1. The first-order chi connectivity index (χ1) is 12.0. The van der Waals surface area contributed by atoms with Crippen LogP contribution in [0.2, 0.25) is 0 Å². The molecule has 2 aromatic carbocycles. The molecule has 3 rings (SSSR count). The van der Waals surface area contributed by atoms with Gasteiger partial charge >= 0.3 is 0 Å². The highest BCUT2D eigenvalue weighted by atomic mass is 19.1. The van der Waals surface area contributed by atoms with E-state index in [1.807, 2.05) is 24.3 Å². The fourth-order valence-electron chi connectivity index (χ4n) is 3.14. The molecule has 1 N–H and O–H groups in total. The van der Waals surface area contributed by atoms with Crippen molar-refractivity contribution >= 4 is 5.91 Å². The summed E-state index contributed by atoms with van der Waals surface area (Å²) in [6, 6.07) is 9.20. The summed E-state index contributed by atoms with van der Waals surface area (Å²) in [4.78, 5) is 14.6. The molecular formula is C19H20F2N2O2. The number of nitrogens with one attached hydrogen (secondary N) is 1. The number of carbonyl (C=O) groups is 1. The minimum Gasteiger partial charge on any atom is -0.496 e. The minimum atomic E-state index is -0.842. The van der Waals surface area contributed by atoms with Gasteiger partial charge in [-0.1, -0.05) is 18.2 Å². The van der Waals surface area contributed by atoms with Crippen molar-refractivity contribution in [3.63, 3.8) is 0 Å². The topological polar surface area (TPSA) is 41.6 Å². The monoisotopic (exact) mass is 346 g/mol. The Bertz CT molecular complexity index is 795. The van der Waals surface area contributed by atoms with Crippen LogP contribution in [0.5, 0.6) is 5.75 Å². The second-order valence-corrected chi connectivity index (χ2v) is 6.04. The quantitative estimate of drug-likeness (QED) is 0.929. The molecule has 0 spiro atoms. The van der Waals surface area contributed by atoms with Gasteiger partial charge < -0.3 is 15.0 Å². The van der Waals surface area contributed by atoms with Crippen LogP contribution in [0.25, 0.3) is 0 Å². The zero-order valence-corrected chi connectivity index (χ0v) is 14.2. The lowest BCUT2D eigenvalue weighted by Crippen LogP contribution is -2.49. The number of nitrogens with zero attached hydrogens (tertiary/aromatic N) is 1. The summed E-state index contributed by atoms with van der Waals surface area (Å²) in [7, 11) is 1.57. The Hall–Kier alpha value is -2.47. The number of aryl methyl sites for hydroxylation is 1. The molecule has 0 saturated carbocycles. The van der Waals surface area contributed by atoms with Gasteiger partial charge in [-0.25, -0.2) is 8.78 Å². The number of rotatable bonds is 3. The van der Waals surface area contributed by atoms with E-state index in [0.717, 1.165) is 11.6 Å². The van der Waals surface area contributed by atoms with Gasteiger partial charge in [0.2, 0.25) is 0 Å². The fraction of sp³-hybridized carbons (Fsp3) is 0.316. The normalized spacial score (nSPS) is 17.4. The summed E-state index contributed by atoms with van der Waals surface area (Å²) in [5.74, 6) is -1.27. The van der Waals surface area contributed by atoms with Crippen molar-refractivity contribution in [3.05, 3.63) is 64.7 Å². The minimum absolute atomic E-state index is 0.110. The van der Waals surface area contributed by atoms with E-state index in [1.165, 1.54) is 13.0 Å². The first-order valence-electron chi connectivity index (χ1n) is 8.13. The summed E-state index contributed by atoms with van der Waals surface area (Å²) >= 11 is 0. The number of ether oxygens (including phenoxy) is 1. The lowest BCUT2D eigenvalue weighted by atomic mass is 10.00. The lowest BCUT2D eigenvalue weighted by molar-refractivity contribution is 0.0626. The molecule has 25 heavy (non-hydrogen) atoms. The van der Waals surface area contributed by atoms with Crippen molar-refractivity contribution in [2.45, 2.75) is 13.0 Å². The molecule has 1 saturated heterocycles. The fourth-order valence-corrected chi connectivity index (χ4v) is 3.14. The van der Waals surface area contributed by atoms with Gasteiger partial charge in [-0.3, -0.25) is 4.79 Å². The maximum absolute atomic E-state index is 14.2. The van der Waals surface area contributed by atoms with E-state index < -0.39 is 17.5 Å². The van der Waals surface area contributed by atoms with Gasteiger partial charge in [0.15, 0.2) is 0 Å². The maximum atomic E-state index is 14.2. The van der Waals surface area contributed by atoms with E-state index >= 15 is 0 Å². The molecule has 132 valence electrons. The van der Waals surface area contributed by atoms with E-state index in [0.29, 0.717) is 25.4 Å². The number of halogens is 2. The van der Waals surface area contributed by atoms with E-state index in [4.69, 9.17) is 4.74 Å². The molecule has 2 aromatic rings. The van der Waals surface area contributed by atoms with Gasteiger partial charge in [0.1, 0.15) is 17.4 Å². The molecule has 1 atom stereocenters. The third-order valence-electron chi connectivity index (χ3n) is 4.48. The number of hydrogen-bond donors (Lipinski definition) is 1. The lowest BCUT2D eigenvalue weighted by Gasteiger charge is -2.37. The molecule has 1 heterocycles. The Morgan fingerprint density at radius 2 is 2.00 bits per heavy atom. The Kier molecular flexibility index (Phi) is 4.99. The van der Waals surface area contributed by atoms with Crippen LogP contribution in [0.3, 0.4) is 0 Å². The van der Waals surface area contributed by atoms with Crippen LogP contribution in [0.1, 0.15) is 27.5 Å². The highest BCUT2D eigenvalue weighted by Gasteiger charge is 2.31. The molecule has 1 unspecified atom stereocenters. The average Bonchev–Trinajstić information content (AvgIpc) is 2.64. The maximum Gasteiger partial charge on any atom is 0.257 e. The standard InChI is InChI=1S/C19H20F2N2O2/c1-12-9-14(16(21)10-15(12)20)19(24)23-8-7-22-11-17(23)13-5-3-4-6-18(13)25-2/h3-6,9-10,17,22H,7-8,11H2,1-2H3. The third kappa shape index (κ3) is 3.35. The zero-order valence-electron chi connectivity index (χ0n) is 14.2.